The van der Waals surface area contributed by atoms with E-state index in [1.54, 1.807) is 4.90 Å². The molecule has 1 atom stereocenters. The maximum absolute atomic E-state index is 13.2. The van der Waals surface area contributed by atoms with E-state index < -0.39 is 0 Å². The van der Waals surface area contributed by atoms with E-state index in [0.29, 0.717) is 13.1 Å². The standard InChI is InChI=1S/C23H28N2O2/c1-16(2)24(14-19-10-6-5-7-11-19)23(27)20-13-22(26)25(15-20)21-12-8-9-17(3)18(21)4/h5-12,16,20H,13-15H2,1-4H3. The highest BCUT2D eigenvalue weighted by atomic mass is 16.2. The molecule has 1 aliphatic rings. The van der Waals surface area contributed by atoms with Gasteiger partial charge in [-0.25, -0.2) is 0 Å². The van der Waals surface area contributed by atoms with Crippen molar-refractivity contribution in [2.45, 2.75) is 46.7 Å². The summed E-state index contributed by atoms with van der Waals surface area (Å²) in [5, 5.41) is 0. The van der Waals surface area contributed by atoms with E-state index in [0.717, 1.165) is 22.4 Å². The third kappa shape index (κ3) is 4.05. The first kappa shape index (κ1) is 19.2. The first-order valence-electron chi connectivity index (χ1n) is 9.59. The van der Waals surface area contributed by atoms with Crippen molar-refractivity contribution in [1.29, 1.82) is 0 Å². The van der Waals surface area contributed by atoms with Crippen LogP contribution in [0.1, 0.15) is 37.0 Å². The molecule has 1 heterocycles. The molecule has 0 saturated carbocycles. The summed E-state index contributed by atoms with van der Waals surface area (Å²) >= 11 is 0. The molecule has 0 bridgehead atoms. The van der Waals surface area contributed by atoms with Gasteiger partial charge in [0.25, 0.3) is 0 Å². The van der Waals surface area contributed by atoms with Crippen LogP contribution in [0.25, 0.3) is 0 Å². The fraction of sp³-hybridized carbons (Fsp3) is 0.391. The topological polar surface area (TPSA) is 40.6 Å². The lowest BCUT2D eigenvalue weighted by Gasteiger charge is -2.29. The molecule has 0 N–H and O–H groups in total. The van der Waals surface area contributed by atoms with Gasteiger partial charge in [0.1, 0.15) is 0 Å². The fourth-order valence-electron chi connectivity index (χ4n) is 3.66. The van der Waals surface area contributed by atoms with Crippen LogP contribution in [-0.4, -0.2) is 29.3 Å². The molecule has 1 unspecified atom stereocenters. The van der Waals surface area contributed by atoms with Crippen LogP contribution < -0.4 is 4.90 Å². The van der Waals surface area contributed by atoms with Crippen molar-refractivity contribution in [2.24, 2.45) is 5.92 Å². The van der Waals surface area contributed by atoms with E-state index in [2.05, 4.69) is 0 Å². The van der Waals surface area contributed by atoms with Crippen LogP contribution in [0.4, 0.5) is 5.69 Å². The molecule has 0 spiro atoms. The lowest BCUT2D eigenvalue weighted by atomic mass is 10.0. The lowest BCUT2D eigenvalue weighted by molar-refractivity contribution is -0.138. The van der Waals surface area contributed by atoms with Crippen LogP contribution >= 0.6 is 0 Å². The fourth-order valence-corrected chi connectivity index (χ4v) is 3.66. The van der Waals surface area contributed by atoms with Crippen LogP contribution in [0.2, 0.25) is 0 Å². The smallest absolute Gasteiger partial charge is 0.228 e. The first-order chi connectivity index (χ1) is 12.9. The predicted octanol–water partition coefficient (Wildman–Crippen LogP) is 4.09. The van der Waals surface area contributed by atoms with Gasteiger partial charge in [-0.3, -0.25) is 9.59 Å². The minimum atomic E-state index is -0.288. The molecule has 4 heteroatoms. The highest BCUT2D eigenvalue weighted by Crippen LogP contribution is 2.30. The number of rotatable bonds is 5. The van der Waals surface area contributed by atoms with Crippen LogP contribution in [0.15, 0.2) is 48.5 Å². The minimum Gasteiger partial charge on any atom is -0.336 e. The zero-order valence-corrected chi connectivity index (χ0v) is 16.6. The third-order valence-electron chi connectivity index (χ3n) is 5.44. The molecule has 1 aliphatic heterocycles. The number of anilines is 1. The molecule has 0 aliphatic carbocycles. The summed E-state index contributed by atoms with van der Waals surface area (Å²) in [5.74, 6) is -0.191. The Balaban J connectivity index is 1.78. The van der Waals surface area contributed by atoms with Gasteiger partial charge in [0.05, 0.1) is 5.92 Å². The van der Waals surface area contributed by atoms with Crippen molar-refractivity contribution in [3.05, 3.63) is 65.2 Å². The Morgan fingerprint density at radius 1 is 1.11 bits per heavy atom. The second-order valence-electron chi connectivity index (χ2n) is 7.67. The van der Waals surface area contributed by atoms with Gasteiger partial charge in [-0.1, -0.05) is 42.5 Å². The molecule has 0 radical (unpaired) electrons. The quantitative estimate of drug-likeness (QED) is 0.802. The number of benzene rings is 2. The van der Waals surface area contributed by atoms with Gasteiger partial charge in [0.2, 0.25) is 11.8 Å². The molecular formula is C23H28N2O2. The van der Waals surface area contributed by atoms with Crippen molar-refractivity contribution in [3.63, 3.8) is 0 Å². The van der Waals surface area contributed by atoms with Crippen LogP contribution in [-0.2, 0) is 16.1 Å². The molecular weight excluding hydrogens is 336 g/mol. The molecule has 1 fully saturated rings. The summed E-state index contributed by atoms with van der Waals surface area (Å²) in [6.45, 7) is 9.16. The zero-order valence-electron chi connectivity index (χ0n) is 16.6. The van der Waals surface area contributed by atoms with Gasteiger partial charge in [-0.2, -0.15) is 0 Å². The zero-order chi connectivity index (χ0) is 19.6. The Kier molecular flexibility index (Phi) is 5.64. The number of carbonyl (C=O) groups is 2. The minimum absolute atomic E-state index is 0.0328. The van der Waals surface area contributed by atoms with Gasteiger partial charge in [-0.05, 0) is 50.5 Å². The Bertz CT molecular complexity index is 830. The summed E-state index contributed by atoms with van der Waals surface area (Å²) < 4.78 is 0. The van der Waals surface area contributed by atoms with E-state index in [9.17, 15) is 9.59 Å². The Labute approximate surface area is 161 Å². The van der Waals surface area contributed by atoms with Crippen molar-refractivity contribution >= 4 is 17.5 Å². The second kappa shape index (κ2) is 7.95. The van der Waals surface area contributed by atoms with E-state index in [1.807, 2.05) is 81.1 Å². The maximum Gasteiger partial charge on any atom is 0.228 e. The maximum atomic E-state index is 13.2. The second-order valence-corrected chi connectivity index (χ2v) is 7.67. The highest BCUT2D eigenvalue weighted by molar-refractivity contribution is 6.01. The first-order valence-corrected chi connectivity index (χ1v) is 9.59. The van der Waals surface area contributed by atoms with Gasteiger partial charge in [0.15, 0.2) is 0 Å². The highest BCUT2D eigenvalue weighted by Gasteiger charge is 2.38. The van der Waals surface area contributed by atoms with Crippen LogP contribution in [0.5, 0.6) is 0 Å². The van der Waals surface area contributed by atoms with Crippen LogP contribution in [0, 0.1) is 19.8 Å². The van der Waals surface area contributed by atoms with Crippen LogP contribution in [0.3, 0.4) is 0 Å². The molecule has 27 heavy (non-hydrogen) atoms. The van der Waals surface area contributed by atoms with Crippen molar-refractivity contribution in [3.8, 4) is 0 Å². The van der Waals surface area contributed by atoms with Gasteiger partial charge in [-0.15, -0.1) is 0 Å². The molecule has 4 nitrogen and oxygen atoms in total. The summed E-state index contributed by atoms with van der Waals surface area (Å²) in [7, 11) is 0. The Morgan fingerprint density at radius 3 is 2.48 bits per heavy atom. The SMILES string of the molecule is Cc1cccc(N2CC(C(=O)N(Cc3ccccc3)C(C)C)CC2=O)c1C. The number of nitrogens with zero attached hydrogens (tertiary/aromatic N) is 2. The van der Waals surface area contributed by atoms with Crippen molar-refractivity contribution in [1.82, 2.24) is 4.90 Å². The third-order valence-corrected chi connectivity index (χ3v) is 5.44. The largest absolute Gasteiger partial charge is 0.336 e. The summed E-state index contributed by atoms with van der Waals surface area (Å²) in [6.07, 6.45) is 0.282. The monoisotopic (exact) mass is 364 g/mol. The molecule has 3 rings (SSSR count). The lowest BCUT2D eigenvalue weighted by Crippen LogP contribution is -2.41. The summed E-state index contributed by atoms with van der Waals surface area (Å²) in [6, 6.07) is 16.1. The Hall–Kier alpha value is -2.62. The molecule has 2 amide bonds. The van der Waals surface area contributed by atoms with E-state index in [4.69, 9.17) is 0 Å². The van der Waals surface area contributed by atoms with Crippen molar-refractivity contribution in [2.75, 3.05) is 11.4 Å². The van der Waals surface area contributed by atoms with Gasteiger partial charge >= 0.3 is 0 Å². The number of amides is 2. The molecule has 1 saturated heterocycles. The number of hydrogen-bond acceptors (Lipinski definition) is 2. The Morgan fingerprint density at radius 2 is 1.81 bits per heavy atom. The number of aryl methyl sites for hydroxylation is 1. The molecule has 2 aromatic rings. The summed E-state index contributed by atoms with van der Waals surface area (Å²) in [5.41, 5.74) is 4.29. The predicted molar refractivity (Wildman–Crippen MR) is 109 cm³/mol. The summed E-state index contributed by atoms with van der Waals surface area (Å²) in [4.78, 5) is 29.5. The van der Waals surface area contributed by atoms with Crippen molar-refractivity contribution < 1.29 is 9.59 Å². The molecule has 2 aromatic carbocycles. The average molecular weight is 364 g/mol. The molecule has 142 valence electrons. The van der Waals surface area contributed by atoms with Gasteiger partial charge < -0.3 is 9.80 Å². The molecule has 0 aromatic heterocycles. The van der Waals surface area contributed by atoms with E-state index in [-0.39, 0.29) is 30.2 Å². The average Bonchev–Trinajstić information content (AvgIpc) is 3.03. The van der Waals surface area contributed by atoms with E-state index >= 15 is 0 Å². The number of hydrogen-bond donors (Lipinski definition) is 0. The van der Waals surface area contributed by atoms with Gasteiger partial charge in [0, 0.05) is 31.2 Å². The number of carbonyl (C=O) groups excluding carboxylic acids is 2. The van der Waals surface area contributed by atoms with E-state index in [1.165, 1.54) is 0 Å². The normalized spacial score (nSPS) is 16.9.